The third-order valence-corrected chi connectivity index (χ3v) is 4.78. The summed E-state index contributed by atoms with van der Waals surface area (Å²) in [5, 5.41) is 8.44. The predicted molar refractivity (Wildman–Crippen MR) is 83.7 cm³/mol. The van der Waals surface area contributed by atoms with Crippen LogP contribution in [0.25, 0.3) is 0 Å². The number of hydrogen-bond acceptors (Lipinski definition) is 5. The number of rotatable bonds is 5. The molecule has 1 fully saturated rings. The molecule has 0 radical (unpaired) electrons. The van der Waals surface area contributed by atoms with Gasteiger partial charge in [0.25, 0.3) is 0 Å². The van der Waals surface area contributed by atoms with E-state index in [-0.39, 0.29) is 11.0 Å². The van der Waals surface area contributed by atoms with Gasteiger partial charge in [0.15, 0.2) is 0 Å². The molecule has 2 rings (SSSR count). The lowest BCUT2D eigenvalue weighted by molar-refractivity contribution is 0.0134. The maximum atomic E-state index is 11.6. The van der Waals surface area contributed by atoms with Crippen molar-refractivity contribution in [2.24, 2.45) is 5.14 Å². The van der Waals surface area contributed by atoms with E-state index in [2.05, 4.69) is 5.32 Å². The lowest BCUT2D eigenvalue weighted by Gasteiger charge is -2.23. The molecule has 5 N–H and O–H groups in total. The fraction of sp³-hybridized carbons (Fsp3) is 0.571. The van der Waals surface area contributed by atoms with E-state index in [9.17, 15) is 8.42 Å². The second-order valence-corrected chi connectivity index (χ2v) is 6.97. The van der Waals surface area contributed by atoms with Gasteiger partial charge in [0.05, 0.1) is 11.0 Å². The minimum atomic E-state index is -3.77. The van der Waals surface area contributed by atoms with Gasteiger partial charge in [-0.05, 0) is 50.3 Å². The van der Waals surface area contributed by atoms with Crippen LogP contribution in [0.2, 0.25) is 0 Å². The maximum absolute atomic E-state index is 11.6. The first kappa shape index (κ1) is 16.1. The van der Waals surface area contributed by atoms with Crippen molar-refractivity contribution >= 4 is 21.4 Å². The molecule has 0 amide bonds. The molecule has 0 saturated carbocycles. The molecule has 1 heterocycles. The molecule has 118 valence electrons. The molecule has 21 heavy (non-hydrogen) atoms. The molecule has 0 bridgehead atoms. The molecule has 6 nitrogen and oxygen atoms in total. The largest absolute Gasteiger partial charge is 0.399 e. The lowest BCUT2D eigenvalue weighted by atomic mass is 10.1. The fourth-order valence-corrected chi connectivity index (χ4v) is 3.43. The van der Waals surface area contributed by atoms with Crippen LogP contribution in [0.4, 0.5) is 11.4 Å². The normalized spacial score (nSPS) is 19.4. The van der Waals surface area contributed by atoms with E-state index >= 15 is 0 Å². The van der Waals surface area contributed by atoms with Crippen molar-refractivity contribution < 1.29 is 13.2 Å². The van der Waals surface area contributed by atoms with Crippen molar-refractivity contribution in [2.45, 2.75) is 43.6 Å². The van der Waals surface area contributed by atoms with Crippen LogP contribution >= 0.6 is 0 Å². The molecule has 0 aliphatic carbocycles. The molecule has 1 aromatic carbocycles. The average molecular weight is 313 g/mol. The minimum Gasteiger partial charge on any atom is -0.399 e. The summed E-state index contributed by atoms with van der Waals surface area (Å²) >= 11 is 0. The quantitative estimate of drug-likeness (QED) is 0.716. The number of nitrogens with two attached hydrogens (primary N) is 2. The summed E-state index contributed by atoms with van der Waals surface area (Å²) in [5.41, 5.74) is 7.43. The number of benzene rings is 1. The zero-order valence-electron chi connectivity index (χ0n) is 12.3. The first-order chi connectivity index (χ1) is 9.88. The number of hydrogen-bond donors (Lipinski definition) is 3. The summed E-state index contributed by atoms with van der Waals surface area (Å²) in [6, 6.07) is 3.12. The number of ether oxygens (including phenoxy) is 1. The van der Waals surface area contributed by atoms with Crippen LogP contribution in [0.5, 0.6) is 0 Å². The Bertz CT molecular complexity index is 596. The number of nitrogens with one attached hydrogen (secondary N) is 1. The van der Waals surface area contributed by atoms with Crippen LogP contribution in [0.3, 0.4) is 0 Å². The zero-order valence-corrected chi connectivity index (χ0v) is 13.1. The molecule has 0 spiro atoms. The Labute approximate surface area is 125 Å². The van der Waals surface area contributed by atoms with Crippen LogP contribution in [-0.4, -0.2) is 27.7 Å². The Morgan fingerprint density at radius 3 is 2.76 bits per heavy atom. The number of nitrogen functional groups attached to an aromatic ring is 1. The van der Waals surface area contributed by atoms with Crippen LogP contribution in [0.15, 0.2) is 17.0 Å². The number of sulfonamides is 1. The molecule has 7 heteroatoms. The van der Waals surface area contributed by atoms with Crippen LogP contribution in [-0.2, 0) is 14.8 Å². The first-order valence-corrected chi connectivity index (χ1v) is 8.71. The Morgan fingerprint density at radius 1 is 1.38 bits per heavy atom. The van der Waals surface area contributed by atoms with Crippen LogP contribution in [0.1, 0.15) is 31.2 Å². The lowest BCUT2D eigenvalue weighted by Crippen LogP contribution is -2.22. The summed E-state index contributed by atoms with van der Waals surface area (Å²) in [4.78, 5) is 0.0684. The van der Waals surface area contributed by atoms with Crippen molar-refractivity contribution in [3.63, 3.8) is 0 Å². The molecule has 1 aromatic rings. The summed E-state index contributed by atoms with van der Waals surface area (Å²) in [6.45, 7) is 3.26. The van der Waals surface area contributed by atoms with Gasteiger partial charge in [0.2, 0.25) is 10.0 Å². The Morgan fingerprint density at radius 2 is 2.14 bits per heavy atom. The Hall–Kier alpha value is -1.31. The highest BCUT2D eigenvalue weighted by Gasteiger charge is 2.16. The summed E-state index contributed by atoms with van der Waals surface area (Å²) in [6.07, 6.45) is 4.59. The summed E-state index contributed by atoms with van der Waals surface area (Å²) in [5.74, 6) is 0. The van der Waals surface area contributed by atoms with Gasteiger partial charge in [-0.2, -0.15) is 0 Å². The standard InChI is InChI=1S/C14H23N3O3S/c1-10-13(8-11(15)9-14(10)21(16,18)19)17-6-5-12-4-2-3-7-20-12/h8-9,12,17H,2-7,15H2,1H3,(H2,16,18,19). The van der Waals surface area contributed by atoms with E-state index in [1.807, 2.05) is 0 Å². The first-order valence-electron chi connectivity index (χ1n) is 7.16. The summed E-state index contributed by atoms with van der Waals surface area (Å²) in [7, 11) is -3.77. The van der Waals surface area contributed by atoms with Crippen LogP contribution < -0.4 is 16.2 Å². The molecule has 1 atom stereocenters. The van der Waals surface area contributed by atoms with Gasteiger partial charge in [-0.25, -0.2) is 13.6 Å². The fourth-order valence-electron chi connectivity index (χ4n) is 2.59. The maximum Gasteiger partial charge on any atom is 0.238 e. The van der Waals surface area contributed by atoms with Gasteiger partial charge >= 0.3 is 0 Å². The van der Waals surface area contributed by atoms with Gasteiger partial charge in [-0.15, -0.1) is 0 Å². The Kier molecular flexibility index (Phi) is 5.08. The zero-order chi connectivity index (χ0) is 15.5. The second-order valence-electron chi connectivity index (χ2n) is 5.44. The van der Waals surface area contributed by atoms with Crippen molar-refractivity contribution in [1.29, 1.82) is 0 Å². The van der Waals surface area contributed by atoms with E-state index < -0.39 is 10.0 Å². The van der Waals surface area contributed by atoms with Gasteiger partial charge in [0.1, 0.15) is 0 Å². The van der Waals surface area contributed by atoms with Crippen molar-refractivity contribution in [3.05, 3.63) is 17.7 Å². The molecular weight excluding hydrogens is 290 g/mol. The van der Waals surface area contributed by atoms with E-state index in [0.29, 0.717) is 23.5 Å². The van der Waals surface area contributed by atoms with E-state index in [1.54, 1.807) is 13.0 Å². The van der Waals surface area contributed by atoms with Crippen molar-refractivity contribution in [2.75, 3.05) is 24.2 Å². The Balaban J connectivity index is 2.04. The molecule has 1 saturated heterocycles. The predicted octanol–water partition coefficient (Wildman–Crippen LogP) is 1.60. The smallest absolute Gasteiger partial charge is 0.238 e. The third kappa shape index (κ3) is 4.33. The van der Waals surface area contributed by atoms with Gasteiger partial charge in [0, 0.05) is 24.5 Å². The van der Waals surface area contributed by atoms with Crippen molar-refractivity contribution in [1.82, 2.24) is 0 Å². The average Bonchev–Trinajstić information content (AvgIpc) is 2.42. The molecule has 1 aliphatic rings. The third-order valence-electron chi connectivity index (χ3n) is 3.74. The molecular formula is C14H23N3O3S. The van der Waals surface area contributed by atoms with Gasteiger partial charge < -0.3 is 15.8 Å². The molecule has 1 unspecified atom stereocenters. The van der Waals surface area contributed by atoms with Gasteiger partial charge in [-0.1, -0.05) is 0 Å². The highest BCUT2D eigenvalue weighted by atomic mass is 32.2. The van der Waals surface area contributed by atoms with Crippen molar-refractivity contribution in [3.8, 4) is 0 Å². The van der Waals surface area contributed by atoms with E-state index in [1.165, 1.54) is 12.5 Å². The highest BCUT2D eigenvalue weighted by Crippen LogP contribution is 2.26. The van der Waals surface area contributed by atoms with Gasteiger partial charge in [-0.3, -0.25) is 0 Å². The summed E-state index contributed by atoms with van der Waals surface area (Å²) < 4.78 is 28.8. The molecule has 1 aliphatic heterocycles. The number of anilines is 2. The minimum absolute atomic E-state index is 0.0684. The monoisotopic (exact) mass is 313 g/mol. The topological polar surface area (TPSA) is 107 Å². The molecule has 0 aromatic heterocycles. The second kappa shape index (κ2) is 6.64. The van der Waals surface area contributed by atoms with Crippen LogP contribution in [0, 0.1) is 6.92 Å². The highest BCUT2D eigenvalue weighted by molar-refractivity contribution is 7.89. The van der Waals surface area contributed by atoms with E-state index in [0.717, 1.165) is 25.9 Å². The number of primary sulfonamides is 1. The SMILES string of the molecule is Cc1c(NCCC2CCCCO2)cc(N)cc1S(N)(=O)=O. The van der Waals surface area contributed by atoms with E-state index in [4.69, 9.17) is 15.6 Å².